The predicted octanol–water partition coefficient (Wildman–Crippen LogP) is 3.14. The molecule has 0 aliphatic heterocycles. The number of isothiocyanates is 1. The zero-order valence-electron chi connectivity index (χ0n) is 7.34. The highest BCUT2D eigenvalue weighted by Gasteiger charge is 2.01. The largest absolute Gasteiger partial charge is 0.478 e. The molecule has 1 aromatic carbocycles. The summed E-state index contributed by atoms with van der Waals surface area (Å²) in [5.74, 6) is -0.976. The van der Waals surface area contributed by atoms with Gasteiger partial charge in [-0.25, -0.2) is 4.79 Å². The van der Waals surface area contributed by atoms with Crippen LogP contribution in [0.25, 0.3) is 0 Å². The van der Waals surface area contributed by atoms with Crippen LogP contribution in [0, 0.1) is 0 Å². The first-order valence-electron chi connectivity index (χ1n) is 3.56. The Kier molecular flexibility index (Phi) is 7.36. The fraction of sp³-hybridized carbons (Fsp3) is 0. The maximum atomic E-state index is 10.5. The van der Waals surface area contributed by atoms with E-state index < -0.39 is 5.97 Å². The van der Waals surface area contributed by atoms with Crippen LogP contribution in [0.4, 0.5) is 5.69 Å². The van der Waals surface area contributed by atoms with Gasteiger partial charge in [-0.1, -0.05) is 6.07 Å². The maximum Gasteiger partial charge on any atom is 0.335 e. The highest BCUT2D eigenvalue weighted by Crippen LogP contribution is 2.12. The molecule has 0 spiro atoms. The van der Waals surface area contributed by atoms with Crippen molar-refractivity contribution in [1.82, 2.24) is 0 Å². The molecule has 0 heterocycles. The minimum absolute atomic E-state index is 0.196. The molecule has 6 heteroatoms. The lowest BCUT2D eigenvalue weighted by atomic mass is 10.2. The van der Waals surface area contributed by atoms with Crippen molar-refractivity contribution in [2.45, 2.75) is 0 Å². The highest BCUT2D eigenvalue weighted by molar-refractivity contribution is 7.93. The normalized spacial score (nSPS) is 7.47. The SMILES string of the molecule is O=C(O)c1cccc(N=C=S)c1.S=C=S. The van der Waals surface area contributed by atoms with Crippen LogP contribution in [0.5, 0.6) is 0 Å². The number of aromatic carboxylic acids is 1. The molecule has 0 radical (unpaired) electrons. The number of aliphatic imine (C=N–C) groups is 1. The van der Waals surface area contributed by atoms with Gasteiger partial charge in [0.05, 0.1) is 16.4 Å². The third kappa shape index (κ3) is 5.91. The smallest absolute Gasteiger partial charge is 0.335 e. The van der Waals surface area contributed by atoms with E-state index in [4.69, 9.17) is 5.11 Å². The summed E-state index contributed by atoms with van der Waals surface area (Å²) < 4.78 is 1.92. The van der Waals surface area contributed by atoms with Gasteiger partial charge in [-0.05, 0) is 54.9 Å². The van der Waals surface area contributed by atoms with E-state index in [2.05, 4.69) is 46.8 Å². The first kappa shape index (κ1) is 13.7. The number of hydrogen-bond acceptors (Lipinski definition) is 5. The van der Waals surface area contributed by atoms with Gasteiger partial charge in [0.25, 0.3) is 0 Å². The molecule has 3 nitrogen and oxygen atoms in total. The minimum Gasteiger partial charge on any atom is -0.478 e. The van der Waals surface area contributed by atoms with Crippen LogP contribution in [0.3, 0.4) is 0 Å². The number of carboxylic acids is 1. The molecule has 0 aliphatic carbocycles. The number of nitrogens with zero attached hydrogens (tertiary/aromatic N) is 1. The molecule has 0 bridgehead atoms. The van der Waals surface area contributed by atoms with Crippen molar-refractivity contribution in [3.8, 4) is 0 Å². The second kappa shape index (κ2) is 8.05. The predicted molar refractivity (Wildman–Crippen MR) is 68.3 cm³/mol. The van der Waals surface area contributed by atoms with Gasteiger partial charge in [0.2, 0.25) is 0 Å². The summed E-state index contributed by atoms with van der Waals surface area (Å²) in [6, 6.07) is 6.19. The lowest BCUT2D eigenvalue weighted by Crippen LogP contribution is -1.94. The van der Waals surface area contributed by atoms with Gasteiger partial charge >= 0.3 is 5.97 Å². The Morgan fingerprint density at radius 2 is 1.93 bits per heavy atom. The Hall–Kier alpha value is -1.29. The Labute approximate surface area is 102 Å². The number of benzene rings is 1. The van der Waals surface area contributed by atoms with Crippen molar-refractivity contribution in [3.05, 3.63) is 29.8 Å². The van der Waals surface area contributed by atoms with Crippen molar-refractivity contribution in [3.63, 3.8) is 0 Å². The topological polar surface area (TPSA) is 49.7 Å². The van der Waals surface area contributed by atoms with E-state index in [0.717, 1.165) is 0 Å². The van der Waals surface area contributed by atoms with Gasteiger partial charge in [-0.15, -0.1) is 0 Å². The quantitative estimate of drug-likeness (QED) is 0.650. The number of carbonyl (C=O) groups is 1. The van der Waals surface area contributed by atoms with Crippen LogP contribution < -0.4 is 0 Å². The third-order valence-electron chi connectivity index (χ3n) is 1.27. The molecule has 76 valence electrons. The van der Waals surface area contributed by atoms with Crippen LogP contribution >= 0.6 is 36.7 Å². The summed E-state index contributed by atoms with van der Waals surface area (Å²) in [6.45, 7) is 0. The van der Waals surface area contributed by atoms with Gasteiger partial charge in [-0.2, -0.15) is 4.99 Å². The molecule has 0 fully saturated rings. The van der Waals surface area contributed by atoms with Crippen LogP contribution in [0.15, 0.2) is 29.3 Å². The Morgan fingerprint density at radius 1 is 1.33 bits per heavy atom. The van der Waals surface area contributed by atoms with E-state index in [-0.39, 0.29) is 5.56 Å². The first-order chi connectivity index (χ1) is 7.15. The monoisotopic (exact) mass is 255 g/mol. The summed E-state index contributed by atoms with van der Waals surface area (Å²) in [5, 5.41) is 10.8. The molecule has 1 rings (SSSR count). The summed E-state index contributed by atoms with van der Waals surface area (Å²) in [4.78, 5) is 14.1. The average Bonchev–Trinajstić information content (AvgIpc) is 2.20. The third-order valence-corrected chi connectivity index (χ3v) is 1.36. The van der Waals surface area contributed by atoms with E-state index >= 15 is 0 Å². The number of thiocarbonyl (C=S) groups is 3. The van der Waals surface area contributed by atoms with Gasteiger partial charge < -0.3 is 5.11 Å². The van der Waals surface area contributed by atoms with Gasteiger partial charge in [0.15, 0.2) is 0 Å². The molecule has 0 amide bonds. The highest BCUT2D eigenvalue weighted by atomic mass is 32.1. The van der Waals surface area contributed by atoms with Gasteiger partial charge in [0.1, 0.15) is 0 Å². The standard InChI is InChI=1S/C8H5NO2S.CS2/c10-8(11)6-2-1-3-7(4-6)9-5-12;2-1-3/h1-4H,(H,10,11);. The van der Waals surface area contributed by atoms with E-state index in [0.29, 0.717) is 5.69 Å². The fourth-order valence-corrected chi connectivity index (χ4v) is 0.867. The van der Waals surface area contributed by atoms with E-state index in [1.807, 2.05) is 4.31 Å². The number of rotatable bonds is 2. The summed E-state index contributed by atoms with van der Waals surface area (Å²) in [7, 11) is 0. The number of hydrogen-bond donors (Lipinski definition) is 1. The van der Waals surface area contributed by atoms with E-state index in [1.165, 1.54) is 12.1 Å². The van der Waals surface area contributed by atoms with Crippen LogP contribution in [-0.2, 0) is 0 Å². The summed E-state index contributed by atoms with van der Waals surface area (Å²) in [6.07, 6.45) is 0. The van der Waals surface area contributed by atoms with Crippen molar-refractivity contribution < 1.29 is 9.90 Å². The second-order valence-corrected chi connectivity index (χ2v) is 2.99. The Bertz CT molecular complexity index is 415. The van der Waals surface area contributed by atoms with Gasteiger partial charge in [-0.3, -0.25) is 0 Å². The van der Waals surface area contributed by atoms with E-state index in [1.54, 1.807) is 12.1 Å². The first-order valence-corrected chi connectivity index (χ1v) is 4.78. The average molecular weight is 255 g/mol. The fourth-order valence-electron chi connectivity index (χ4n) is 0.761. The zero-order valence-corrected chi connectivity index (χ0v) is 9.79. The van der Waals surface area contributed by atoms with Crippen LogP contribution in [0.2, 0.25) is 0 Å². The Balaban J connectivity index is 0.000000583. The van der Waals surface area contributed by atoms with Gasteiger partial charge in [0, 0.05) is 4.31 Å². The molecular weight excluding hydrogens is 250 g/mol. The molecular formula is C9H5NO2S3. The lowest BCUT2D eigenvalue weighted by Gasteiger charge is -1.93. The summed E-state index contributed by atoms with van der Waals surface area (Å²) >= 11 is 12.3. The molecule has 0 unspecified atom stereocenters. The molecule has 0 aliphatic rings. The Morgan fingerprint density at radius 3 is 2.40 bits per heavy atom. The van der Waals surface area contributed by atoms with Crippen LogP contribution in [0.1, 0.15) is 10.4 Å². The number of carboxylic acid groups (broad SMARTS) is 1. The zero-order chi connectivity index (χ0) is 11.7. The second-order valence-electron chi connectivity index (χ2n) is 2.14. The molecule has 1 aromatic rings. The van der Waals surface area contributed by atoms with E-state index in [9.17, 15) is 4.79 Å². The lowest BCUT2D eigenvalue weighted by molar-refractivity contribution is 0.0697. The minimum atomic E-state index is -0.976. The molecule has 0 aromatic heterocycles. The van der Waals surface area contributed by atoms with Crippen molar-refractivity contribution in [2.75, 3.05) is 0 Å². The summed E-state index contributed by atoms with van der Waals surface area (Å²) in [5.41, 5.74) is 0.700. The van der Waals surface area contributed by atoms with Crippen molar-refractivity contribution >= 4 is 57.8 Å². The molecule has 0 atom stereocenters. The molecule has 0 saturated carbocycles. The molecule has 0 saturated heterocycles. The maximum absolute atomic E-state index is 10.5. The van der Waals surface area contributed by atoms with Crippen molar-refractivity contribution in [1.29, 1.82) is 0 Å². The van der Waals surface area contributed by atoms with Crippen molar-refractivity contribution in [2.24, 2.45) is 4.99 Å². The molecule has 15 heavy (non-hydrogen) atoms. The van der Waals surface area contributed by atoms with Crippen LogP contribution in [-0.4, -0.2) is 20.6 Å². The molecule has 1 N–H and O–H groups in total.